The predicted octanol–water partition coefficient (Wildman–Crippen LogP) is 3.69. The van der Waals surface area contributed by atoms with Gasteiger partial charge in [0.1, 0.15) is 34.1 Å². The maximum Gasteiger partial charge on any atom is 0.260 e. The Balaban J connectivity index is 1.99. The minimum Gasteiger partial charge on any atom is -0.490 e. The number of aromatic nitrogens is 3. The largest absolute Gasteiger partial charge is 0.490 e. The molecule has 176 valence electrons. The number of fused-ring (bicyclic) bond motifs is 1. The Bertz CT molecular complexity index is 1230. The number of hydrogen-bond donors (Lipinski definition) is 2. The Hall–Kier alpha value is -2.91. The van der Waals surface area contributed by atoms with Gasteiger partial charge in [-0.1, -0.05) is 11.6 Å². The topological polar surface area (TPSA) is 106 Å². The Morgan fingerprint density at radius 1 is 1.36 bits per heavy atom. The minimum atomic E-state index is -1.81. The van der Waals surface area contributed by atoms with E-state index in [1.54, 1.807) is 36.3 Å². The number of carbonyl (C=O) groups is 1. The van der Waals surface area contributed by atoms with Gasteiger partial charge < -0.3 is 20.5 Å². The summed E-state index contributed by atoms with van der Waals surface area (Å²) in [6, 6.07) is 1.29. The Morgan fingerprint density at radius 3 is 2.67 bits per heavy atom. The van der Waals surface area contributed by atoms with E-state index in [0.717, 1.165) is 12.8 Å². The van der Waals surface area contributed by atoms with Crippen LogP contribution in [-0.4, -0.2) is 49.5 Å². The van der Waals surface area contributed by atoms with Crippen molar-refractivity contribution in [2.24, 2.45) is 0 Å². The van der Waals surface area contributed by atoms with Crippen LogP contribution < -0.4 is 10.5 Å². The summed E-state index contributed by atoms with van der Waals surface area (Å²) in [5, 5.41) is 11.5. The average Bonchev–Trinajstić information content (AvgIpc) is 3.39. The molecule has 3 N–H and O–H groups in total. The zero-order chi connectivity index (χ0) is 24.1. The fourth-order valence-electron chi connectivity index (χ4n) is 4.30. The molecule has 0 spiro atoms. The molecule has 0 aliphatic carbocycles. The van der Waals surface area contributed by atoms with E-state index >= 15 is 4.39 Å². The summed E-state index contributed by atoms with van der Waals surface area (Å²) in [4.78, 5) is 23.5. The number of carbonyl (C=O) groups excluding carboxylic acids is 1. The number of rotatable bonds is 5. The van der Waals surface area contributed by atoms with Crippen LogP contribution in [0.1, 0.15) is 61.1 Å². The molecule has 4 rings (SSSR count). The molecule has 1 saturated heterocycles. The molecule has 1 atom stereocenters. The zero-order valence-electron chi connectivity index (χ0n) is 19.0. The van der Waals surface area contributed by atoms with E-state index in [2.05, 4.69) is 9.97 Å². The molecule has 3 heterocycles. The highest BCUT2D eigenvalue weighted by Crippen LogP contribution is 2.42. The maximum absolute atomic E-state index is 15.3. The van der Waals surface area contributed by atoms with Crippen molar-refractivity contribution in [1.82, 2.24) is 19.3 Å². The number of nitrogen functional groups attached to an aromatic ring is 1. The number of aryl methyl sites for hydroxylation is 1. The van der Waals surface area contributed by atoms with Crippen molar-refractivity contribution in [2.45, 2.75) is 52.2 Å². The third kappa shape index (κ3) is 3.89. The molecule has 1 aromatic carbocycles. The molecule has 1 unspecified atom stereocenters. The number of likely N-dealkylation sites (tertiary alicyclic amines) is 1. The first-order valence-electron chi connectivity index (χ1n) is 10.8. The van der Waals surface area contributed by atoms with Gasteiger partial charge >= 0.3 is 0 Å². The SMILES string of the molecule is Cc1nc(C(C)(O)c2cc(Cl)c(F)c(C(=O)N3CCCC3)c2OC(C)C)n2ccnc(N)c12. The molecule has 3 aromatic rings. The van der Waals surface area contributed by atoms with Gasteiger partial charge in [0, 0.05) is 31.0 Å². The summed E-state index contributed by atoms with van der Waals surface area (Å²) in [5.41, 5.74) is 5.16. The highest BCUT2D eigenvalue weighted by molar-refractivity contribution is 6.31. The van der Waals surface area contributed by atoms with Crippen LogP contribution in [0.25, 0.3) is 5.52 Å². The molecule has 0 bridgehead atoms. The number of ether oxygens (including phenoxy) is 1. The third-order valence-electron chi connectivity index (χ3n) is 5.85. The fourth-order valence-corrected chi connectivity index (χ4v) is 4.51. The fraction of sp³-hybridized carbons (Fsp3) is 0.435. The van der Waals surface area contributed by atoms with Crippen molar-refractivity contribution < 1.29 is 19.0 Å². The molecule has 2 aromatic heterocycles. The second-order valence-electron chi connectivity index (χ2n) is 8.71. The first-order chi connectivity index (χ1) is 15.5. The van der Waals surface area contributed by atoms with Crippen LogP contribution >= 0.6 is 11.6 Å². The van der Waals surface area contributed by atoms with Crippen molar-refractivity contribution >= 4 is 28.8 Å². The number of nitrogens with two attached hydrogens (primary N) is 1. The highest BCUT2D eigenvalue weighted by atomic mass is 35.5. The molecule has 1 fully saturated rings. The van der Waals surface area contributed by atoms with Gasteiger partial charge in [0.15, 0.2) is 5.82 Å². The number of anilines is 1. The maximum atomic E-state index is 15.3. The predicted molar refractivity (Wildman–Crippen MR) is 123 cm³/mol. The summed E-state index contributed by atoms with van der Waals surface area (Å²) in [7, 11) is 0. The van der Waals surface area contributed by atoms with Gasteiger partial charge in [-0.3, -0.25) is 9.20 Å². The van der Waals surface area contributed by atoms with Crippen molar-refractivity contribution in [3.63, 3.8) is 0 Å². The van der Waals surface area contributed by atoms with Gasteiger partial charge in [0.25, 0.3) is 5.91 Å². The lowest BCUT2D eigenvalue weighted by Crippen LogP contribution is -2.32. The van der Waals surface area contributed by atoms with Crippen molar-refractivity contribution in [1.29, 1.82) is 0 Å². The second-order valence-corrected chi connectivity index (χ2v) is 9.12. The monoisotopic (exact) mass is 475 g/mol. The van der Waals surface area contributed by atoms with Crippen LogP contribution in [0.4, 0.5) is 10.2 Å². The zero-order valence-corrected chi connectivity index (χ0v) is 19.8. The summed E-state index contributed by atoms with van der Waals surface area (Å²) in [5.74, 6) is -0.977. The number of imidazole rings is 1. The van der Waals surface area contributed by atoms with Crippen molar-refractivity contribution in [2.75, 3.05) is 18.8 Å². The molecule has 1 amide bonds. The van der Waals surface area contributed by atoms with Gasteiger partial charge in [0.05, 0.1) is 16.8 Å². The van der Waals surface area contributed by atoms with Crippen LogP contribution in [0.5, 0.6) is 5.75 Å². The highest BCUT2D eigenvalue weighted by Gasteiger charge is 2.39. The number of nitrogens with zero attached hydrogens (tertiary/aromatic N) is 4. The van der Waals surface area contributed by atoms with E-state index in [-0.39, 0.29) is 33.5 Å². The van der Waals surface area contributed by atoms with E-state index in [1.807, 2.05) is 0 Å². The van der Waals surface area contributed by atoms with Crippen LogP contribution in [0.15, 0.2) is 18.5 Å². The number of halogens is 2. The number of amides is 1. The Kier molecular flexibility index (Phi) is 5.96. The lowest BCUT2D eigenvalue weighted by Gasteiger charge is -2.29. The second kappa shape index (κ2) is 8.46. The van der Waals surface area contributed by atoms with Gasteiger partial charge in [-0.25, -0.2) is 14.4 Å². The lowest BCUT2D eigenvalue weighted by molar-refractivity contribution is 0.0764. The quantitative estimate of drug-likeness (QED) is 0.583. The van der Waals surface area contributed by atoms with E-state index in [0.29, 0.717) is 24.3 Å². The number of benzene rings is 1. The van der Waals surface area contributed by atoms with E-state index in [9.17, 15) is 9.90 Å². The lowest BCUT2D eigenvalue weighted by atomic mass is 9.91. The van der Waals surface area contributed by atoms with Gasteiger partial charge in [0.2, 0.25) is 0 Å². The van der Waals surface area contributed by atoms with E-state index in [4.69, 9.17) is 22.1 Å². The van der Waals surface area contributed by atoms with Crippen LogP contribution in [0, 0.1) is 12.7 Å². The van der Waals surface area contributed by atoms with Crippen LogP contribution in [-0.2, 0) is 5.60 Å². The Morgan fingerprint density at radius 2 is 2.03 bits per heavy atom. The summed E-state index contributed by atoms with van der Waals surface area (Å²) >= 11 is 6.25. The molecular weight excluding hydrogens is 449 g/mol. The molecular formula is C23H27ClFN5O3. The van der Waals surface area contributed by atoms with Gasteiger partial charge in [-0.15, -0.1) is 0 Å². The molecule has 33 heavy (non-hydrogen) atoms. The van der Waals surface area contributed by atoms with Crippen LogP contribution in [0.3, 0.4) is 0 Å². The van der Waals surface area contributed by atoms with E-state index in [1.165, 1.54) is 19.2 Å². The van der Waals surface area contributed by atoms with Crippen molar-refractivity contribution in [3.8, 4) is 5.75 Å². The summed E-state index contributed by atoms with van der Waals surface area (Å²) in [6.07, 6.45) is 4.40. The minimum absolute atomic E-state index is 0.0507. The standard InChI is InChI=1S/C23H27ClFN5O3/c1-12(2)33-19-14(11-15(24)17(25)16(19)21(31)29-8-5-6-9-29)23(4,32)22-28-13(3)18-20(26)27-7-10-30(18)22/h7,10-12,32H,5-6,8-9H2,1-4H3,(H2,26,27). The van der Waals surface area contributed by atoms with Gasteiger partial charge in [-0.05, 0) is 46.6 Å². The Labute approximate surface area is 196 Å². The first-order valence-corrected chi connectivity index (χ1v) is 11.2. The summed E-state index contributed by atoms with van der Waals surface area (Å²) < 4.78 is 22.9. The average molecular weight is 476 g/mol. The summed E-state index contributed by atoms with van der Waals surface area (Å²) in [6.45, 7) is 7.81. The third-order valence-corrected chi connectivity index (χ3v) is 6.12. The van der Waals surface area contributed by atoms with Crippen molar-refractivity contribution in [3.05, 3.63) is 51.9 Å². The molecule has 0 radical (unpaired) electrons. The number of aliphatic hydroxyl groups is 1. The van der Waals surface area contributed by atoms with Gasteiger partial charge in [-0.2, -0.15) is 0 Å². The molecule has 1 aliphatic heterocycles. The smallest absolute Gasteiger partial charge is 0.260 e. The first kappa shape index (κ1) is 23.3. The molecule has 1 aliphatic rings. The molecule has 10 heteroatoms. The number of hydrogen-bond acceptors (Lipinski definition) is 6. The van der Waals surface area contributed by atoms with Crippen LogP contribution in [0.2, 0.25) is 5.02 Å². The normalized spacial score (nSPS) is 15.9. The molecule has 8 nitrogen and oxygen atoms in total. The van der Waals surface area contributed by atoms with E-state index < -0.39 is 23.4 Å². The molecule has 0 saturated carbocycles.